The van der Waals surface area contributed by atoms with Crippen LogP contribution >= 0.6 is 34.9 Å². The van der Waals surface area contributed by atoms with E-state index in [-0.39, 0.29) is 11.7 Å². The molecule has 0 spiro atoms. The first-order valence-electron chi connectivity index (χ1n) is 7.76. The standard InChI is InChI=1S/C16H17N5O2S3/c1-3-24-16-20-19-14(26-16)18-13(22)10-25-15-17-7-8-21(15)11-5-4-6-12(9-11)23-2/h4-9H,3,10H2,1-2H3,(H,18,19,22). The lowest BCUT2D eigenvalue weighted by Crippen LogP contribution is -2.14. The summed E-state index contributed by atoms with van der Waals surface area (Å²) in [4.78, 5) is 16.5. The summed E-state index contributed by atoms with van der Waals surface area (Å²) in [5, 5.41) is 12.0. The van der Waals surface area contributed by atoms with Gasteiger partial charge in [0.25, 0.3) is 0 Å². The van der Waals surface area contributed by atoms with Gasteiger partial charge in [0.2, 0.25) is 11.0 Å². The molecule has 1 aromatic carbocycles. The Bertz CT molecular complexity index is 880. The van der Waals surface area contributed by atoms with E-state index in [1.54, 1.807) is 25.1 Å². The van der Waals surface area contributed by atoms with Gasteiger partial charge in [-0.25, -0.2) is 4.98 Å². The first-order valence-corrected chi connectivity index (χ1v) is 10.5. The number of nitrogens with one attached hydrogen (secondary N) is 1. The molecule has 10 heteroatoms. The van der Waals surface area contributed by atoms with Crippen molar-refractivity contribution >= 4 is 45.9 Å². The summed E-state index contributed by atoms with van der Waals surface area (Å²) in [6.45, 7) is 2.05. The molecule has 0 atom stereocenters. The summed E-state index contributed by atoms with van der Waals surface area (Å²) in [6.07, 6.45) is 3.56. The highest BCUT2D eigenvalue weighted by Crippen LogP contribution is 2.26. The molecular formula is C16H17N5O2S3. The third-order valence-corrected chi connectivity index (χ3v) is 6.01. The van der Waals surface area contributed by atoms with Crippen molar-refractivity contribution in [1.82, 2.24) is 19.7 Å². The monoisotopic (exact) mass is 407 g/mol. The SMILES string of the molecule is CCSc1nnc(NC(=O)CSc2nccn2-c2cccc(OC)c2)s1. The molecule has 1 amide bonds. The number of aromatic nitrogens is 4. The molecule has 0 unspecified atom stereocenters. The number of benzene rings is 1. The van der Waals surface area contributed by atoms with Gasteiger partial charge < -0.3 is 4.74 Å². The number of carbonyl (C=O) groups excluding carboxylic acids is 1. The molecule has 136 valence electrons. The Hall–Kier alpha value is -2.04. The average Bonchev–Trinajstić information content (AvgIpc) is 3.30. The average molecular weight is 408 g/mol. The normalized spacial score (nSPS) is 10.7. The van der Waals surface area contributed by atoms with Crippen LogP contribution < -0.4 is 10.1 Å². The van der Waals surface area contributed by atoms with E-state index in [0.717, 1.165) is 26.7 Å². The second-order valence-electron chi connectivity index (χ2n) is 4.92. The fourth-order valence-corrected chi connectivity index (χ4v) is 4.52. The first-order chi connectivity index (χ1) is 12.7. The summed E-state index contributed by atoms with van der Waals surface area (Å²) >= 11 is 4.34. The molecular weight excluding hydrogens is 390 g/mol. The molecule has 0 bridgehead atoms. The molecule has 0 saturated heterocycles. The summed E-state index contributed by atoms with van der Waals surface area (Å²) in [7, 11) is 1.63. The lowest BCUT2D eigenvalue weighted by atomic mass is 10.3. The van der Waals surface area contributed by atoms with Gasteiger partial charge in [0.05, 0.1) is 18.6 Å². The molecule has 3 rings (SSSR count). The summed E-state index contributed by atoms with van der Waals surface area (Å²) in [5.74, 6) is 1.78. The van der Waals surface area contributed by atoms with Crippen molar-refractivity contribution in [1.29, 1.82) is 0 Å². The second-order valence-corrected chi connectivity index (χ2v) is 8.36. The first kappa shape index (κ1) is 18.7. The molecule has 0 aliphatic carbocycles. The van der Waals surface area contributed by atoms with Gasteiger partial charge in [-0.3, -0.25) is 14.7 Å². The number of rotatable bonds is 8. The van der Waals surface area contributed by atoms with Crippen LogP contribution in [0, 0.1) is 0 Å². The summed E-state index contributed by atoms with van der Waals surface area (Å²) in [5.41, 5.74) is 0.926. The van der Waals surface area contributed by atoms with Gasteiger partial charge in [-0.05, 0) is 17.9 Å². The van der Waals surface area contributed by atoms with Crippen LogP contribution in [-0.2, 0) is 4.79 Å². The Kier molecular flexibility index (Phi) is 6.53. The van der Waals surface area contributed by atoms with Crippen LogP contribution in [0.25, 0.3) is 5.69 Å². The van der Waals surface area contributed by atoms with Gasteiger partial charge in [-0.1, -0.05) is 47.9 Å². The van der Waals surface area contributed by atoms with Crippen molar-refractivity contribution in [3.63, 3.8) is 0 Å². The van der Waals surface area contributed by atoms with E-state index in [1.165, 1.54) is 23.1 Å². The van der Waals surface area contributed by atoms with E-state index in [1.807, 2.05) is 42.0 Å². The number of thioether (sulfide) groups is 2. The number of hydrogen-bond acceptors (Lipinski definition) is 8. The predicted octanol–water partition coefficient (Wildman–Crippen LogP) is 3.58. The summed E-state index contributed by atoms with van der Waals surface area (Å²) in [6, 6.07) is 7.67. The number of carbonyl (C=O) groups is 1. The quantitative estimate of drug-likeness (QED) is 0.451. The third kappa shape index (κ3) is 4.77. The van der Waals surface area contributed by atoms with Crippen LogP contribution in [0.4, 0.5) is 5.13 Å². The Balaban J connectivity index is 1.61. The minimum absolute atomic E-state index is 0.139. The van der Waals surface area contributed by atoms with E-state index in [2.05, 4.69) is 20.5 Å². The molecule has 2 aromatic heterocycles. The van der Waals surface area contributed by atoms with Crippen molar-refractivity contribution < 1.29 is 9.53 Å². The van der Waals surface area contributed by atoms with Crippen LogP contribution in [0.3, 0.4) is 0 Å². The van der Waals surface area contributed by atoms with Crippen LogP contribution in [0.15, 0.2) is 46.2 Å². The number of nitrogens with zero attached hydrogens (tertiary/aromatic N) is 4. The van der Waals surface area contributed by atoms with Crippen molar-refractivity contribution in [2.75, 3.05) is 23.9 Å². The Morgan fingerprint density at radius 3 is 3.04 bits per heavy atom. The molecule has 0 aliphatic heterocycles. The van der Waals surface area contributed by atoms with Gasteiger partial charge in [0, 0.05) is 18.5 Å². The second kappa shape index (κ2) is 9.06. The molecule has 26 heavy (non-hydrogen) atoms. The van der Waals surface area contributed by atoms with Crippen LogP contribution in [0.5, 0.6) is 5.75 Å². The van der Waals surface area contributed by atoms with E-state index >= 15 is 0 Å². The van der Waals surface area contributed by atoms with Gasteiger partial charge >= 0.3 is 0 Å². The Morgan fingerprint density at radius 1 is 1.35 bits per heavy atom. The molecule has 7 nitrogen and oxygen atoms in total. The zero-order valence-corrected chi connectivity index (χ0v) is 16.7. The van der Waals surface area contributed by atoms with Crippen LogP contribution in [-0.4, -0.2) is 44.3 Å². The van der Waals surface area contributed by atoms with Crippen LogP contribution in [0.1, 0.15) is 6.92 Å². The fraction of sp³-hybridized carbons (Fsp3) is 0.250. The fourth-order valence-electron chi connectivity index (χ4n) is 2.08. The third-order valence-electron chi connectivity index (χ3n) is 3.19. The number of anilines is 1. The summed E-state index contributed by atoms with van der Waals surface area (Å²) < 4.78 is 8.03. The maximum Gasteiger partial charge on any atom is 0.236 e. The predicted molar refractivity (Wildman–Crippen MR) is 106 cm³/mol. The molecule has 2 heterocycles. The van der Waals surface area contributed by atoms with Gasteiger partial charge in [0.15, 0.2) is 9.50 Å². The van der Waals surface area contributed by atoms with Crippen LogP contribution in [0.2, 0.25) is 0 Å². The van der Waals surface area contributed by atoms with E-state index < -0.39 is 0 Å². The molecule has 0 saturated carbocycles. The number of methoxy groups -OCH3 is 1. The number of ether oxygens (including phenoxy) is 1. The Morgan fingerprint density at radius 2 is 2.23 bits per heavy atom. The van der Waals surface area contributed by atoms with E-state index in [4.69, 9.17) is 4.74 Å². The van der Waals surface area contributed by atoms with Crippen molar-refractivity contribution in [2.24, 2.45) is 0 Å². The molecule has 0 radical (unpaired) electrons. The molecule has 0 fully saturated rings. The molecule has 3 aromatic rings. The smallest absolute Gasteiger partial charge is 0.236 e. The largest absolute Gasteiger partial charge is 0.497 e. The van der Waals surface area contributed by atoms with Crippen molar-refractivity contribution in [2.45, 2.75) is 16.4 Å². The van der Waals surface area contributed by atoms with E-state index in [9.17, 15) is 4.79 Å². The maximum absolute atomic E-state index is 12.2. The molecule has 0 aliphatic rings. The van der Waals surface area contributed by atoms with Gasteiger partial charge in [0.1, 0.15) is 5.75 Å². The lowest BCUT2D eigenvalue weighted by molar-refractivity contribution is -0.113. The highest BCUT2D eigenvalue weighted by Gasteiger charge is 2.12. The highest BCUT2D eigenvalue weighted by atomic mass is 32.2. The lowest BCUT2D eigenvalue weighted by Gasteiger charge is -2.08. The zero-order chi connectivity index (χ0) is 18.4. The highest BCUT2D eigenvalue weighted by molar-refractivity contribution is 8.01. The van der Waals surface area contributed by atoms with E-state index in [0.29, 0.717) is 5.13 Å². The maximum atomic E-state index is 12.2. The van der Waals surface area contributed by atoms with Gasteiger partial charge in [-0.15, -0.1) is 10.2 Å². The minimum Gasteiger partial charge on any atom is -0.497 e. The Labute approximate surface area is 163 Å². The molecule has 1 N–H and O–H groups in total. The number of amides is 1. The van der Waals surface area contributed by atoms with Crippen molar-refractivity contribution in [3.8, 4) is 11.4 Å². The van der Waals surface area contributed by atoms with Gasteiger partial charge in [-0.2, -0.15) is 0 Å². The zero-order valence-electron chi connectivity index (χ0n) is 14.2. The number of imidazole rings is 1. The number of hydrogen-bond donors (Lipinski definition) is 1. The minimum atomic E-state index is -0.139. The van der Waals surface area contributed by atoms with Crippen molar-refractivity contribution in [3.05, 3.63) is 36.7 Å². The topological polar surface area (TPSA) is 81.9 Å².